The number of carbonyl (C=O) groups is 1. The molecule has 0 bridgehead atoms. The van der Waals surface area contributed by atoms with Gasteiger partial charge in [-0.3, -0.25) is 9.48 Å². The summed E-state index contributed by atoms with van der Waals surface area (Å²) in [5.41, 5.74) is 1.68. The molecule has 0 spiro atoms. The van der Waals surface area contributed by atoms with Gasteiger partial charge in [-0.1, -0.05) is 0 Å². The summed E-state index contributed by atoms with van der Waals surface area (Å²) >= 11 is 0. The van der Waals surface area contributed by atoms with Crippen molar-refractivity contribution in [2.75, 3.05) is 0 Å². The van der Waals surface area contributed by atoms with Gasteiger partial charge in [0.1, 0.15) is 0 Å². The lowest BCUT2D eigenvalue weighted by Crippen LogP contribution is -2.60. The Balaban J connectivity index is 1.61. The smallest absolute Gasteiger partial charge is 0.220 e. The van der Waals surface area contributed by atoms with E-state index in [1.165, 1.54) is 0 Å². The Morgan fingerprint density at radius 1 is 1.35 bits per heavy atom. The first-order valence-corrected chi connectivity index (χ1v) is 7.78. The number of nitrogens with zero attached hydrogens (tertiary/aromatic N) is 4. The molecule has 2 aromatic heterocycles. The zero-order valence-electron chi connectivity index (χ0n) is 13.7. The molecule has 3 rings (SSSR count). The van der Waals surface area contributed by atoms with Crippen LogP contribution in [0.5, 0.6) is 0 Å². The fourth-order valence-corrected chi connectivity index (χ4v) is 2.88. The van der Waals surface area contributed by atoms with E-state index in [9.17, 15) is 4.79 Å². The van der Waals surface area contributed by atoms with Gasteiger partial charge in [0, 0.05) is 55.7 Å². The number of piperidine rings is 1. The van der Waals surface area contributed by atoms with Gasteiger partial charge < -0.3 is 10.6 Å². The molecule has 2 N–H and O–H groups in total. The van der Waals surface area contributed by atoms with Crippen molar-refractivity contribution in [3.8, 4) is 11.4 Å². The van der Waals surface area contributed by atoms with Gasteiger partial charge in [0.25, 0.3) is 0 Å². The van der Waals surface area contributed by atoms with Crippen molar-refractivity contribution in [3.05, 3.63) is 30.4 Å². The summed E-state index contributed by atoms with van der Waals surface area (Å²) in [6.07, 6.45) is 8.71. The fraction of sp³-hybridized carbons (Fsp3) is 0.500. The molecule has 2 aromatic rings. The molecule has 23 heavy (non-hydrogen) atoms. The van der Waals surface area contributed by atoms with E-state index in [1.807, 2.05) is 39.5 Å². The largest absolute Gasteiger partial charge is 0.350 e. The first-order valence-electron chi connectivity index (χ1n) is 7.78. The Hall–Kier alpha value is -2.28. The van der Waals surface area contributed by atoms with Crippen LogP contribution in [0.15, 0.2) is 24.8 Å². The Labute approximate surface area is 135 Å². The fourth-order valence-electron chi connectivity index (χ4n) is 2.88. The second-order valence-electron chi connectivity index (χ2n) is 6.56. The van der Waals surface area contributed by atoms with E-state index in [4.69, 9.17) is 0 Å². The molecule has 1 aliphatic heterocycles. The van der Waals surface area contributed by atoms with E-state index in [1.54, 1.807) is 10.9 Å². The monoisotopic (exact) mass is 314 g/mol. The summed E-state index contributed by atoms with van der Waals surface area (Å²) in [6.45, 7) is 4.77. The highest BCUT2D eigenvalue weighted by Gasteiger charge is 2.34. The Morgan fingerprint density at radius 3 is 2.70 bits per heavy atom. The molecule has 1 atom stereocenters. The highest BCUT2D eigenvalue weighted by molar-refractivity contribution is 5.77. The molecule has 0 aromatic carbocycles. The van der Waals surface area contributed by atoms with Gasteiger partial charge in [-0.2, -0.15) is 5.10 Å². The molecule has 3 heterocycles. The van der Waals surface area contributed by atoms with Crippen molar-refractivity contribution in [2.45, 2.75) is 44.8 Å². The number of hydrogen-bond acceptors (Lipinski definition) is 5. The van der Waals surface area contributed by atoms with Crippen molar-refractivity contribution >= 4 is 5.91 Å². The van der Waals surface area contributed by atoms with E-state index in [-0.39, 0.29) is 17.5 Å². The lowest BCUT2D eigenvalue weighted by molar-refractivity contribution is -0.125. The van der Waals surface area contributed by atoms with E-state index in [0.717, 1.165) is 17.5 Å². The predicted octanol–water partition coefficient (Wildman–Crippen LogP) is 1.02. The molecule has 1 saturated heterocycles. The maximum atomic E-state index is 11.5. The zero-order chi connectivity index (χ0) is 16.4. The van der Waals surface area contributed by atoms with Crippen molar-refractivity contribution in [2.24, 2.45) is 7.05 Å². The third-order valence-electron chi connectivity index (χ3n) is 4.21. The Bertz CT molecular complexity index is 691. The van der Waals surface area contributed by atoms with Crippen LogP contribution in [-0.2, 0) is 18.4 Å². The van der Waals surface area contributed by atoms with Crippen LogP contribution in [0.25, 0.3) is 11.4 Å². The van der Waals surface area contributed by atoms with Crippen molar-refractivity contribution < 1.29 is 4.79 Å². The van der Waals surface area contributed by atoms with E-state index < -0.39 is 0 Å². The molecule has 1 unspecified atom stereocenters. The van der Waals surface area contributed by atoms with Crippen LogP contribution >= 0.6 is 0 Å². The second-order valence-corrected chi connectivity index (χ2v) is 6.56. The number of rotatable bonds is 4. The number of hydrogen-bond donors (Lipinski definition) is 2. The minimum absolute atomic E-state index is 0.122. The van der Waals surface area contributed by atoms with E-state index in [2.05, 4.69) is 25.7 Å². The summed E-state index contributed by atoms with van der Waals surface area (Å²) < 4.78 is 1.73. The first kappa shape index (κ1) is 15.6. The molecule has 0 radical (unpaired) electrons. The highest BCUT2D eigenvalue weighted by Crippen LogP contribution is 2.20. The first-order chi connectivity index (χ1) is 10.9. The normalized spacial score (nSPS) is 20.3. The molecule has 0 aliphatic carbocycles. The van der Waals surface area contributed by atoms with Crippen LogP contribution < -0.4 is 10.6 Å². The van der Waals surface area contributed by atoms with Crippen LogP contribution in [0.4, 0.5) is 0 Å². The quantitative estimate of drug-likeness (QED) is 0.880. The molecular formula is C16H22N6O. The minimum atomic E-state index is -0.244. The molecule has 1 aliphatic rings. The maximum absolute atomic E-state index is 11.5. The topological polar surface area (TPSA) is 84.7 Å². The van der Waals surface area contributed by atoms with Crippen molar-refractivity contribution in [3.63, 3.8) is 0 Å². The minimum Gasteiger partial charge on any atom is -0.350 e. The van der Waals surface area contributed by atoms with Crippen LogP contribution in [-0.4, -0.2) is 37.2 Å². The second kappa shape index (κ2) is 6.08. The molecule has 7 heteroatoms. The predicted molar refractivity (Wildman–Crippen MR) is 86.3 cm³/mol. The standard InChI is InChI=1S/C16H22N6O/c1-16(2)13(4-5-14(23)21-16)17-6-11-7-18-15(19-8-11)12-9-20-22(3)10-12/h7-10,13,17H,4-6H2,1-3H3,(H,21,23). The number of amides is 1. The third-order valence-corrected chi connectivity index (χ3v) is 4.21. The summed E-state index contributed by atoms with van der Waals surface area (Å²) in [5, 5.41) is 10.7. The summed E-state index contributed by atoms with van der Waals surface area (Å²) in [6, 6.07) is 0.234. The molecule has 1 fully saturated rings. The van der Waals surface area contributed by atoms with Gasteiger partial charge in [0.2, 0.25) is 5.91 Å². The van der Waals surface area contributed by atoms with E-state index in [0.29, 0.717) is 18.8 Å². The molecule has 1 amide bonds. The molecule has 122 valence electrons. The van der Waals surface area contributed by atoms with E-state index >= 15 is 0 Å². The number of aryl methyl sites for hydroxylation is 1. The number of nitrogens with one attached hydrogen (secondary N) is 2. The average molecular weight is 314 g/mol. The number of aromatic nitrogens is 4. The third kappa shape index (κ3) is 3.56. The molecule has 7 nitrogen and oxygen atoms in total. The van der Waals surface area contributed by atoms with Crippen LogP contribution in [0.3, 0.4) is 0 Å². The summed E-state index contributed by atoms with van der Waals surface area (Å²) in [5.74, 6) is 0.796. The SMILES string of the molecule is Cn1cc(-c2ncc(CNC3CCC(=O)NC3(C)C)cn2)cn1. The highest BCUT2D eigenvalue weighted by atomic mass is 16.1. The lowest BCUT2D eigenvalue weighted by Gasteiger charge is -2.39. The van der Waals surface area contributed by atoms with Crippen LogP contribution in [0.1, 0.15) is 32.3 Å². The van der Waals surface area contributed by atoms with Gasteiger partial charge in [-0.15, -0.1) is 0 Å². The lowest BCUT2D eigenvalue weighted by atomic mass is 9.87. The van der Waals surface area contributed by atoms with Gasteiger partial charge in [0.05, 0.1) is 11.8 Å². The Morgan fingerprint density at radius 2 is 2.09 bits per heavy atom. The summed E-state index contributed by atoms with van der Waals surface area (Å²) in [4.78, 5) is 20.3. The van der Waals surface area contributed by atoms with Crippen molar-refractivity contribution in [1.29, 1.82) is 0 Å². The van der Waals surface area contributed by atoms with Crippen molar-refractivity contribution in [1.82, 2.24) is 30.4 Å². The van der Waals surface area contributed by atoms with Crippen LogP contribution in [0.2, 0.25) is 0 Å². The maximum Gasteiger partial charge on any atom is 0.220 e. The molecular weight excluding hydrogens is 292 g/mol. The van der Waals surface area contributed by atoms with Gasteiger partial charge >= 0.3 is 0 Å². The average Bonchev–Trinajstić information content (AvgIpc) is 2.93. The van der Waals surface area contributed by atoms with Gasteiger partial charge in [0.15, 0.2) is 5.82 Å². The Kier molecular flexibility index (Phi) is 4.12. The summed E-state index contributed by atoms with van der Waals surface area (Å²) in [7, 11) is 1.87. The van der Waals surface area contributed by atoms with Gasteiger partial charge in [-0.25, -0.2) is 9.97 Å². The van der Waals surface area contributed by atoms with Crippen LogP contribution in [0, 0.1) is 0 Å². The zero-order valence-corrected chi connectivity index (χ0v) is 13.7. The number of carbonyl (C=O) groups excluding carboxylic acids is 1. The van der Waals surface area contributed by atoms with Gasteiger partial charge in [-0.05, 0) is 20.3 Å². The molecule has 0 saturated carbocycles.